The van der Waals surface area contributed by atoms with Gasteiger partial charge in [0, 0.05) is 0 Å². The molecule has 1 aliphatic heterocycles. The lowest BCUT2D eigenvalue weighted by Gasteiger charge is -2.27. The van der Waals surface area contributed by atoms with Gasteiger partial charge in [0.25, 0.3) is 0 Å². The van der Waals surface area contributed by atoms with Gasteiger partial charge in [-0.25, -0.2) is 14.3 Å². The molecule has 1 heterocycles. The van der Waals surface area contributed by atoms with Crippen LogP contribution >= 0.6 is 0 Å². The molecule has 2 rings (SSSR count). The second-order valence-corrected chi connectivity index (χ2v) is 6.58. The molecule has 0 aromatic heterocycles. The molecule has 0 aliphatic carbocycles. The number of benzene rings is 1. The second kappa shape index (κ2) is 5.77. The first kappa shape index (κ1) is 14.1. The van der Waals surface area contributed by atoms with Gasteiger partial charge in [-0.2, -0.15) is 0 Å². The lowest BCUT2D eigenvalue weighted by atomic mass is 10.1. The van der Waals surface area contributed by atoms with Crippen LogP contribution in [0.3, 0.4) is 0 Å². The molecule has 1 aromatic carbocycles. The van der Waals surface area contributed by atoms with E-state index in [-0.39, 0.29) is 17.6 Å². The molecule has 0 bridgehead atoms. The highest BCUT2D eigenvalue weighted by Gasteiger charge is 2.35. The third-order valence-electron chi connectivity index (χ3n) is 2.91. The van der Waals surface area contributed by atoms with E-state index in [0.717, 1.165) is 5.56 Å². The van der Waals surface area contributed by atoms with E-state index in [1.54, 1.807) is 13.2 Å². The maximum atomic E-state index is 11.1. The van der Waals surface area contributed by atoms with E-state index in [0.29, 0.717) is 24.5 Å². The number of hydrogen-bond acceptors (Lipinski definition) is 6. The Morgan fingerprint density at radius 1 is 1.32 bits per heavy atom. The van der Waals surface area contributed by atoms with E-state index >= 15 is 0 Å². The molecule has 0 saturated carbocycles. The van der Waals surface area contributed by atoms with Crippen LogP contribution in [-0.4, -0.2) is 39.7 Å². The number of nitrogens with two attached hydrogens (primary N) is 1. The topological polar surface area (TPSA) is 87.8 Å². The number of methoxy groups -OCH3 is 1. The van der Waals surface area contributed by atoms with Crippen molar-refractivity contribution >= 4 is 9.84 Å². The van der Waals surface area contributed by atoms with E-state index in [1.807, 2.05) is 12.1 Å². The molecule has 0 amide bonds. The maximum absolute atomic E-state index is 11.1. The van der Waals surface area contributed by atoms with Crippen LogP contribution in [0.25, 0.3) is 0 Å². The zero-order chi connectivity index (χ0) is 13.9. The van der Waals surface area contributed by atoms with Crippen molar-refractivity contribution in [3.63, 3.8) is 0 Å². The predicted molar refractivity (Wildman–Crippen MR) is 69.9 cm³/mol. The Labute approximate surface area is 112 Å². The van der Waals surface area contributed by atoms with E-state index < -0.39 is 9.84 Å². The van der Waals surface area contributed by atoms with Gasteiger partial charge in [-0.3, -0.25) is 0 Å². The molecule has 0 atom stereocenters. The first-order valence-electron chi connectivity index (χ1n) is 5.90. The molecule has 1 aromatic rings. The van der Waals surface area contributed by atoms with Crippen molar-refractivity contribution in [1.29, 1.82) is 0 Å². The van der Waals surface area contributed by atoms with Gasteiger partial charge in [0.1, 0.15) is 6.10 Å². The largest absolute Gasteiger partial charge is 0.493 e. The van der Waals surface area contributed by atoms with E-state index in [1.165, 1.54) is 0 Å². The maximum Gasteiger partial charge on any atom is 0.161 e. The molecular formula is C12H17NO5S. The Balaban J connectivity index is 2.04. The predicted octanol–water partition coefficient (Wildman–Crippen LogP) is 0.304. The van der Waals surface area contributed by atoms with E-state index in [9.17, 15) is 8.42 Å². The molecule has 7 heteroatoms. The summed E-state index contributed by atoms with van der Waals surface area (Å²) in [5, 5.41) is 0. The molecule has 1 fully saturated rings. The van der Waals surface area contributed by atoms with Gasteiger partial charge >= 0.3 is 0 Å². The summed E-state index contributed by atoms with van der Waals surface area (Å²) in [4.78, 5) is 4.52. The van der Waals surface area contributed by atoms with Crippen molar-refractivity contribution in [2.45, 2.75) is 12.5 Å². The second-order valence-electron chi connectivity index (χ2n) is 4.42. The zero-order valence-corrected chi connectivity index (χ0v) is 11.5. The highest BCUT2D eigenvalue weighted by atomic mass is 32.2. The van der Waals surface area contributed by atoms with Gasteiger partial charge in [0.05, 0.1) is 25.2 Å². The fourth-order valence-corrected chi connectivity index (χ4v) is 3.08. The van der Waals surface area contributed by atoms with Gasteiger partial charge in [-0.15, -0.1) is 0 Å². The molecule has 0 unspecified atom stereocenters. The number of sulfone groups is 1. The summed E-state index contributed by atoms with van der Waals surface area (Å²) in [6.45, 7) is 0.421. The normalized spacial score (nSPS) is 17.8. The molecule has 106 valence electrons. The summed E-state index contributed by atoms with van der Waals surface area (Å²) in [7, 11) is -1.34. The molecule has 2 N–H and O–H groups in total. The zero-order valence-electron chi connectivity index (χ0n) is 10.7. The van der Waals surface area contributed by atoms with Gasteiger partial charge in [0.15, 0.2) is 21.3 Å². The minimum Gasteiger partial charge on any atom is -0.493 e. The first-order valence-corrected chi connectivity index (χ1v) is 7.72. The minimum atomic E-state index is -2.89. The summed E-state index contributed by atoms with van der Waals surface area (Å²) in [5.41, 5.74) is 1.01. The van der Waals surface area contributed by atoms with Crippen molar-refractivity contribution in [1.82, 2.24) is 0 Å². The molecule has 1 saturated heterocycles. The Morgan fingerprint density at radius 3 is 2.63 bits per heavy atom. The van der Waals surface area contributed by atoms with Crippen LogP contribution < -0.4 is 15.4 Å². The summed E-state index contributed by atoms with van der Waals surface area (Å²) in [5.74, 6) is 6.26. The Morgan fingerprint density at radius 2 is 2.05 bits per heavy atom. The monoisotopic (exact) mass is 287 g/mol. The minimum absolute atomic E-state index is 0.0684. The first-order chi connectivity index (χ1) is 9.04. The lowest BCUT2D eigenvalue weighted by molar-refractivity contribution is 0.141. The van der Waals surface area contributed by atoms with Crippen LogP contribution in [0.15, 0.2) is 18.2 Å². The van der Waals surface area contributed by atoms with E-state index in [2.05, 4.69) is 4.84 Å². The Hall–Kier alpha value is -1.31. The highest BCUT2D eigenvalue weighted by molar-refractivity contribution is 7.92. The smallest absolute Gasteiger partial charge is 0.161 e. The van der Waals surface area contributed by atoms with Gasteiger partial charge in [-0.1, -0.05) is 6.07 Å². The number of ether oxygens (including phenoxy) is 2. The average molecular weight is 287 g/mol. The standard InChI is InChI=1S/C12H17NO5S/c1-16-12-6-9(4-5-17-13)2-3-11(12)18-10-7-19(14,15)8-10/h2-3,6,10H,4-5,7-8,13H2,1H3. The number of rotatable bonds is 6. The molecule has 0 radical (unpaired) electrons. The van der Waals surface area contributed by atoms with Crippen LogP contribution in [0.2, 0.25) is 0 Å². The number of hydrogen-bond donors (Lipinski definition) is 1. The quantitative estimate of drug-likeness (QED) is 0.757. The van der Waals surface area contributed by atoms with Crippen molar-refractivity contribution in [3.05, 3.63) is 23.8 Å². The van der Waals surface area contributed by atoms with Gasteiger partial charge < -0.3 is 14.3 Å². The molecule has 6 nitrogen and oxygen atoms in total. The lowest BCUT2D eigenvalue weighted by Crippen LogP contribution is -2.45. The Bertz CT molecular complexity index is 531. The van der Waals surface area contributed by atoms with Gasteiger partial charge in [0.2, 0.25) is 0 Å². The van der Waals surface area contributed by atoms with Crippen molar-refractivity contribution in [2.75, 3.05) is 25.2 Å². The molecule has 19 heavy (non-hydrogen) atoms. The van der Waals surface area contributed by atoms with Crippen LogP contribution in [-0.2, 0) is 21.1 Å². The molecule has 0 spiro atoms. The third-order valence-corrected chi connectivity index (χ3v) is 4.67. The third kappa shape index (κ3) is 3.59. The van der Waals surface area contributed by atoms with Crippen molar-refractivity contribution in [2.24, 2.45) is 5.90 Å². The van der Waals surface area contributed by atoms with Crippen molar-refractivity contribution in [3.8, 4) is 11.5 Å². The highest BCUT2D eigenvalue weighted by Crippen LogP contribution is 2.31. The molecular weight excluding hydrogens is 270 g/mol. The van der Waals surface area contributed by atoms with E-state index in [4.69, 9.17) is 15.4 Å². The summed E-state index contributed by atoms with van der Waals surface area (Å²) < 4.78 is 33.0. The SMILES string of the molecule is COc1cc(CCON)ccc1OC1CS(=O)(=O)C1. The Kier molecular flexibility index (Phi) is 4.28. The average Bonchev–Trinajstić information content (AvgIpc) is 2.35. The van der Waals surface area contributed by atoms with Crippen molar-refractivity contribution < 1.29 is 22.7 Å². The summed E-state index contributed by atoms with van der Waals surface area (Å²) in [6.07, 6.45) is 0.391. The summed E-state index contributed by atoms with van der Waals surface area (Å²) in [6, 6.07) is 5.49. The summed E-state index contributed by atoms with van der Waals surface area (Å²) >= 11 is 0. The van der Waals surface area contributed by atoms with Crippen LogP contribution in [0.4, 0.5) is 0 Å². The molecule has 1 aliphatic rings. The van der Waals surface area contributed by atoms with Gasteiger partial charge in [-0.05, 0) is 24.1 Å². The van der Waals surface area contributed by atoms with Crippen LogP contribution in [0.1, 0.15) is 5.56 Å². The fourth-order valence-electron chi connectivity index (χ4n) is 1.91. The van der Waals surface area contributed by atoms with Crippen LogP contribution in [0, 0.1) is 0 Å². The fraction of sp³-hybridized carbons (Fsp3) is 0.500. The van der Waals surface area contributed by atoms with Crippen LogP contribution in [0.5, 0.6) is 11.5 Å².